The SMILES string of the molecule is CCP(=O)(O[P+](=O)C(F)(F)F)C(F)(F)F. The van der Waals surface area contributed by atoms with Gasteiger partial charge in [-0.2, -0.15) is 13.2 Å². The van der Waals surface area contributed by atoms with Crippen molar-refractivity contribution in [3.8, 4) is 0 Å². The lowest BCUT2D eigenvalue weighted by Gasteiger charge is -2.12. The van der Waals surface area contributed by atoms with Crippen LogP contribution in [0.1, 0.15) is 6.92 Å². The van der Waals surface area contributed by atoms with Gasteiger partial charge in [-0.3, -0.25) is 4.57 Å². The predicted molar refractivity (Wildman–Crippen MR) is 38.9 cm³/mol. The fraction of sp³-hybridized carbons (Fsp3) is 1.00. The average Bonchev–Trinajstić information content (AvgIpc) is 2.00. The highest BCUT2D eigenvalue weighted by Crippen LogP contribution is 2.68. The maximum atomic E-state index is 12.0. The number of alkyl halides is 6. The minimum atomic E-state index is -5.54. The minimum absolute atomic E-state index is 0.730. The Morgan fingerprint density at radius 3 is 1.80 bits per heavy atom. The van der Waals surface area contributed by atoms with Crippen molar-refractivity contribution in [1.29, 1.82) is 0 Å². The van der Waals surface area contributed by atoms with Crippen LogP contribution in [0.2, 0.25) is 0 Å². The van der Waals surface area contributed by atoms with Gasteiger partial charge in [-0.25, -0.2) is 0 Å². The summed E-state index contributed by atoms with van der Waals surface area (Å²) in [6, 6.07) is 0. The van der Waals surface area contributed by atoms with E-state index in [1.54, 1.807) is 0 Å². The van der Waals surface area contributed by atoms with Crippen molar-refractivity contribution in [2.45, 2.75) is 18.8 Å². The first-order chi connectivity index (χ1) is 6.44. The summed E-state index contributed by atoms with van der Waals surface area (Å²) in [5.74, 6) is -10.9. The fourth-order valence-corrected chi connectivity index (χ4v) is 2.97. The topological polar surface area (TPSA) is 43.4 Å². The molecule has 0 aliphatic carbocycles. The quantitative estimate of drug-likeness (QED) is 0.576. The zero-order chi connectivity index (χ0) is 12.5. The maximum Gasteiger partial charge on any atom is 0.640 e. The van der Waals surface area contributed by atoms with E-state index in [0.717, 1.165) is 6.92 Å². The highest BCUT2D eigenvalue weighted by Gasteiger charge is 2.65. The van der Waals surface area contributed by atoms with Gasteiger partial charge in [0.2, 0.25) is 0 Å². The molecule has 0 rings (SSSR count). The Bertz CT molecular complexity index is 294. The molecule has 0 aromatic rings. The average molecular weight is 277 g/mol. The Morgan fingerprint density at radius 2 is 1.60 bits per heavy atom. The molecule has 0 fully saturated rings. The van der Waals surface area contributed by atoms with Crippen LogP contribution in [0.25, 0.3) is 0 Å². The van der Waals surface area contributed by atoms with Gasteiger partial charge in [0, 0.05) is 6.16 Å². The van der Waals surface area contributed by atoms with Gasteiger partial charge in [0.1, 0.15) is 0 Å². The van der Waals surface area contributed by atoms with Crippen LogP contribution in [-0.2, 0) is 13.4 Å². The highest BCUT2D eigenvalue weighted by molar-refractivity contribution is 7.66. The number of hydrogen-bond donors (Lipinski definition) is 0. The summed E-state index contributed by atoms with van der Waals surface area (Å²) in [4.78, 5) is 0. The van der Waals surface area contributed by atoms with E-state index in [-0.39, 0.29) is 0 Å². The second kappa shape index (κ2) is 4.39. The molecular weight excluding hydrogens is 272 g/mol. The molecule has 0 heterocycles. The highest BCUT2D eigenvalue weighted by atomic mass is 31.2. The van der Waals surface area contributed by atoms with E-state index < -0.39 is 33.4 Å². The molecule has 0 saturated carbocycles. The predicted octanol–water partition coefficient (Wildman–Crippen LogP) is 4.08. The summed E-state index contributed by atoms with van der Waals surface area (Å²) in [7, 11) is -10.2. The molecule has 0 aliphatic rings. The molecule has 0 bridgehead atoms. The molecule has 0 radical (unpaired) electrons. The van der Waals surface area contributed by atoms with E-state index in [2.05, 4.69) is 4.31 Å². The van der Waals surface area contributed by atoms with Gasteiger partial charge in [0.25, 0.3) is 0 Å². The van der Waals surface area contributed by atoms with Crippen LogP contribution in [0.15, 0.2) is 0 Å². The van der Waals surface area contributed by atoms with Gasteiger partial charge in [-0.15, -0.1) is 13.2 Å². The smallest absolute Gasteiger partial charge is 0.278 e. The molecule has 2 atom stereocenters. The van der Waals surface area contributed by atoms with E-state index in [4.69, 9.17) is 0 Å². The van der Waals surface area contributed by atoms with E-state index in [1.807, 2.05) is 0 Å². The molecule has 0 spiro atoms. The Kier molecular flexibility index (Phi) is 4.35. The van der Waals surface area contributed by atoms with E-state index >= 15 is 0 Å². The van der Waals surface area contributed by atoms with Crippen LogP contribution in [0.5, 0.6) is 0 Å². The van der Waals surface area contributed by atoms with Crippen LogP contribution >= 0.6 is 15.4 Å². The molecule has 0 saturated heterocycles. The summed E-state index contributed by atoms with van der Waals surface area (Å²) < 4.78 is 94.9. The van der Waals surface area contributed by atoms with E-state index in [1.165, 1.54) is 0 Å². The fourth-order valence-electron chi connectivity index (χ4n) is 0.449. The van der Waals surface area contributed by atoms with Gasteiger partial charge in [0.15, 0.2) is 0 Å². The first kappa shape index (κ1) is 14.9. The molecule has 15 heavy (non-hydrogen) atoms. The van der Waals surface area contributed by atoms with Crippen molar-refractivity contribution in [3.05, 3.63) is 0 Å². The van der Waals surface area contributed by atoms with Gasteiger partial charge in [-0.05, 0) is 4.57 Å². The van der Waals surface area contributed by atoms with Crippen LogP contribution < -0.4 is 0 Å². The van der Waals surface area contributed by atoms with Crippen molar-refractivity contribution in [2.75, 3.05) is 6.16 Å². The molecule has 0 aliphatic heterocycles. The molecule has 11 heteroatoms. The molecule has 90 valence electrons. The first-order valence-electron chi connectivity index (χ1n) is 3.33. The van der Waals surface area contributed by atoms with Crippen molar-refractivity contribution in [1.82, 2.24) is 0 Å². The van der Waals surface area contributed by atoms with Gasteiger partial charge in [-0.1, -0.05) is 11.2 Å². The summed E-state index contributed by atoms with van der Waals surface area (Å²) in [6.45, 7) is 0.730. The van der Waals surface area contributed by atoms with Crippen LogP contribution in [0, 0.1) is 0 Å². The second-order valence-electron chi connectivity index (χ2n) is 2.26. The van der Waals surface area contributed by atoms with E-state index in [0.29, 0.717) is 0 Å². The largest absolute Gasteiger partial charge is 0.640 e. The van der Waals surface area contributed by atoms with Crippen molar-refractivity contribution >= 4 is 15.4 Å². The normalized spacial score (nSPS) is 18.5. The van der Waals surface area contributed by atoms with Crippen molar-refractivity contribution in [2.24, 2.45) is 0 Å². The number of rotatable bonds is 3. The summed E-state index contributed by atoms with van der Waals surface area (Å²) in [5, 5.41) is 0. The first-order valence-corrected chi connectivity index (χ1v) is 6.32. The van der Waals surface area contributed by atoms with Gasteiger partial charge in [0.05, 0.1) is 0 Å². The Labute approximate surface area is 81.1 Å². The molecule has 3 nitrogen and oxygen atoms in total. The standard InChI is InChI=1S/C4H5F6O3P2/c1-2-15(12,4(8,9)10)13-14(11)3(5,6)7/h2H2,1H3/q+1. The van der Waals surface area contributed by atoms with E-state index in [9.17, 15) is 35.5 Å². The molecule has 0 aromatic carbocycles. The third-order valence-corrected chi connectivity index (χ3v) is 4.88. The summed E-state index contributed by atoms with van der Waals surface area (Å²) in [6.07, 6.45) is -1.20. The lowest BCUT2D eigenvalue weighted by molar-refractivity contribution is -0.0607. The van der Waals surface area contributed by atoms with Crippen LogP contribution in [-0.4, -0.2) is 18.0 Å². The third kappa shape index (κ3) is 3.74. The lowest BCUT2D eigenvalue weighted by atomic mass is 11.0. The van der Waals surface area contributed by atoms with Crippen LogP contribution in [0.4, 0.5) is 26.3 Å². The van der Waals surface area contributed by atoms with Gasteiger partial charge >= 0.3 is 27.2 Å². The molecule has 0 aromatic heterocycles. The summed E-state index contributed by atoms with van der Waals surface area (Å²) in [5.41, 5.74) is 0. The number of hydrogen-bond acceptors (Lipinski definition) is 3. The molecule has 2 unspecified atom stereocenters. The third-order valence-electron chi connectivity index (χ3n) is 1.22. The molecule has 0 amide bonds. The monoisotopic (exact) mass is 277 g/mol. The van der Waals surface area contributed by atoms with Gasteiger partial charge < -0.3 is 0 Å². The maximum absolute atomic E-state index is 12.0. The molecule has 0 N–H and O–H groups in total. The zero-order valence-corrected chi connectivity index (χ0v) is 8.88. The van der Waals surface area contributed by atoms with Crippen molar-refractivity contribution in [3.63, 3.8) is 0 Å². The molecular formula is C4H5F6O3P2+. The Morgan fingerprint density at radius 1 is 1.20 bits per heavy atom. The second-order valence-corrected chi connectivity index (χ2v) is 6.42. The number of halogens is 6. The van der Waals surface area contributed by atoms with Crippen LogP contribution in [0.3, 0.4) is 0 Å². The zero-order valence-electron chi connectivity index (χ0n) is 7.09. The van der Waals surface area contributed by atoms with Crippen molar-refractivity contribution < 1.29 is 39.8 Å². The minimum Gasteiger partial charge on any atom is -0.278 e. The lowest BCUT2D eigenvalue weighted by Crippen LogP contribution is -2.13. The Balaban J connectivity index is 4.92. The summed E-state index contributed by atoms with van der Waals surface area (Å²) >= 11 is 0. The Hall–Kier alpha value is -0.130.